The third-order valence-corrected chi connectivity index (χ3v) is 5.06. The molecule has 2 rings (SSSR count). The van der Waals surface area contributed by atoms with Gasteiger partial charge in [0.1, 0.15) is 0 Å². The quantitative estimate of drug-likeness (QED) is 0.737. The van der Waals surface area contributed by atoms with Crippen LogP contribution >= 0.6 is 0 Å². The van der Waals surface area contributed by atoms with E-state index >= 15 is 0 Å². The fourth-order valence-corrected chi connectivity index (χ4v) is 2.70. The van der Waals surface area contributed by atoms with E-state index < -0.39 is 15.3 Å². The van der Waals surface area contributed by atoms with Crippen molar-refractivity contribution in [3.05, 3.63) is 23.9 Å². The summed E-state index contributed by atoms with van der Waals surface area (Å²) < 4.78 is 31.8. The fraction of sp³-hybridized carbons (Fsp3) is 0.615. The fourth-order valence-electron chi connectivity index (χ4n) is 1.73. The van der Waals surface area contributed by atoms with Crippen LogP contribution < -0.4 is 14.8 Å². The lowest BCUT2D eigenvalue weighted by molar-refractivity contribution is 0.397. The van der Waals surface area contributed by atoms with E-state index in [4.69, 9.17) is 4.74 Å². The molecule has 6 nitrogen and oxygen atoms in total. The summed E-state index contributed by atoms with van der Waals surface area (Å²) >= 11 is 0. The van der Waals surface area contributed by atoms with Gasteiger partial charge in [0, 0.05) is 31.4 Å². The number of methoxy groups -OCH3 is 1. The number of nitrogens with zero attached hydrogens (tertiary/aromatic N) is 1. The van der Waals surface area contributed by atoms with Crippen LogP contribution in [-0.2, 0) is 16.6 Å². The van der Waals surface area contributed by atoms with Gasteiger partial charge in [0.2, 0.25) is 15.9 Å². The third-order valence-electron chi connectivity index (χ3n) is 3.29. The molecule has 0 amide bonds. The Balaban J connectivity index is 1.86. The van der Waals surface area contributed by atoms with Crippen LogP contribution in [0.5, 0.6) is 5.88 Å². The van der Waals surface area contributed by atoms with E-state index in [9.17, 15) is 8.42 Å². The molecule has 0 bridgehead atoms. The predicted octanol–water partition coefficient (Wildman–Crippen LogP) is 0.650. The first kappa shape index (κ1) is 15.2. The zero-order valence-corrected chi connectivity index (χ0v) is 12.6. The summed E-state index contributed by atoms with van der Waals surface area (Å²) in [6.07, 6.45) is 3.90. The van der Waals surface area contributed by atoms with Crippen molar-refractivity contribution in [1.29, 1.82) is 0 Å². The van der Waals surface area contributed by atoms with Gasteiger partial charge in [-0.3, -0.25) is 0 Å². The zero-order valence-electron chi connectivity index (χ0n) is 11.8. The minimum Gasteiger partial charge on any atom is -0.481 e. The second kappa shape index (κ2) is 6.51. The average molecular weight is 299 g/mol. The summed E-state index contributed by atoms with van der Waals surface area (Å²) in [5, 5.41) is 2.78. The highest BCUT2D eigenvalue weighted by Gasteiger charge is 2.25. The lowest BCUT2D eigenvalue weighted by atomic mass is 10.3. The van der Waals surface area contributed by atoms with Crippen molar-refractivity contribution in [2.75, 3.05) is 13.7 Å². The number of sulfonamides is 1. The van der Waals surface area contributed by atoms with E-state index in [1.807, 2.05) is 0 Å². The molecule has 1 aliphatic carbocycles. The Kier molecular flexibility index (Phi) is 4.95. The van der Waals surface area contributed by atoms with Gasteiger partial charge in [0.25, 0.3) is 0 Å². The Morgan fingerprint density at radius 1 is 1.50 bits per heavy atom. The Morgan fingerprint density at radius 3 is 2.90 bits per heavy atom. The van der Waals surface area contributed by atoms with E-state index in [0.29, 0.717) is 18.5 Å². The first-order valence-corrected chi connectivity index (χ1v) is 8.26. The van der Waals surface area contributed by atoms with Gasteiger partial charge in [-0.2, -0.15) is 0 Å². The summed E-state index contributed by atoms with van der Waals surface area (Å²) in [7, 11) is -1.79. The number of pyridine rings is 1. The maximum atomic E-state index is 12.1. The molecule has 1 heterocycles. The molecule has 1 unspecified atom stereocenters. The summed E-state index contributed by atoms with van der Waals surface area (Å²) in [6, 6.07) is 3.99. The van der Waals surface area contributed by atoms with Gasteiger partial charge >= 0.3 is 0 Å². The highest BCUT2D eigenvalue weighted by Crippen LogP contribution is 2.18. The molecule has 1 atom stereocenters. The van der Waals surface area contributed by atoms with E-state index in [2.05, 4.69) is 15.0 Å². The van der Waals surface area contributed by atoms with Gasteiger partial charge in [-0.15, -0.1) is 0 Å². The molecule has 0 aromatic carbocycles. The maximum Gasteiger partial charge on any atom is 0.215 e. The predicted molar refractivity (Wildman–Crippen MR) is 77.0 cm³/mol. The molecule has 112 valence electrons. The van der Waals surface area contributed by atoms with Gasteiger partial charge in [0.15, 0.2) is 0 Å². The number of ether oxygens (including phenoxy) is 1. The minimum atomic E-state index is -3.32. The number of hydrogen-bond donors (Lipinski definition) is 2. The van der Waals surface area contributed by atoms with Crippen molar-refractivity contribution >= 4 is 10.0 Å². The van der Waals surface area contributed by atoms with E-state index in [1.54, 1.807) is 25.3 Å². The van der Waals surface area contributed by atoms with E-state index in [-0.39, 0.29) is 6.54 Å². The molecule has 1 fully saturated rings. The van der Waals surface area contributed by atoms with Crippen LogP contribution in [0.3, 0.4) is 0 Å². The van der Waals surface area contributed by atoms with Crippen molar-refractivity contribution in [1.82, 2.24) is 15.0 Å². The molecule has 1 saturated carbocycles. The zero-order chi connectivity index (χ0) is 14.6. The molecule has 0 saturated heterocycles. The van der Waals surface area contributed by atoms with Crippen molar-refractivity contribution in [2.45, 2.75) is 37.6 Å². The maximum absolute atomic E-state index is 12.1. The molecule has 1 aliphatic rings. The monoisotopic (exact) mass is 299 g/mol. The van der Waals surface area contributed by atoms with Crippen LogP contribution in [0.25, 0.3) is 0 Å². The van der Waals surface area contributed by atoms with E-state index in [1.165, 1.54) is 7.11 Å². The Bertz CT molecular complexity index is 544. The van der Waals surface area contributed by atoms with Crippen LogP contribution in [-0.4, -0.2) is 38.3 Å². The smallest absolute Gasteiger partial charge is 0.215 e. The van der Waals surface area contributed by atoms with E-state index in [0.717, 1.165) is 18.4 Å². The van der Waals surface area contributed by atoms with Gasteiger partial charge in [0.05, 0.1) is 12.4 Å². The third kappa shape index (κ3) is 4.43. The second-order valence-corrected chi connectivity index (χ2v) is 7.25. The molecule has 0 spiro atoms. The van der Waals surface area contributed by atoms with Gasteiger partial charge in [-0.05, 0) is 31.4 Å². The Labute approximate surface area is 120 Å². The normalized spacial score (nSPS) is 16.9. The summed E-state index contributed by atoms with van der Waals surface area (Å²) in [5.74, 6) is 0.477. The lowest BCUT2D eigenvalue weighted by Gasteiger charge is -2.14. The molecule has 2 N–H and O–H groups in total. The van der Waals surface area contributed by atoms with Gasteiger partial charge < -0.3 is 10.1 Å². The van der Waals surface area contributed by atoms with Gasteiger partial charge in [-0.25, -0.2) is 18.1 Å². The Hall–Kier alpha value is -1.18. The molecule has 0 radical (unpaired) electrons. The summed E-state index contributed by atoms with van der Waals surface area (Å²) in [4.78, 5) is 3.98. The molecule has 1 aromatic heterocycles. The number of aromatic nitrogens is 1. The molecule has 7 heteroatoms. The highest BCUT2D eigenvalue weighted by molar-refractivity contribution is 7.90. The summed E-state index contributed by atoms with van der Waals surface area (Å²) in [6.45, 7) is 2.44. The summed E-state index contributed by atoms with van der Waals surface area (Å²) in [5.41, 5.74) is 0.822. The Morgan fingerprint density at radius 2 is 2.25 bits per heavy atom. The lowest BCUT2D eigenvalue weighted by Crippen LogP contribution is -2.39. The van der Waals surface area contributed by atoms with Crippen LogP contribution in [0.2, 0.25) is 0 Å². The molecular weight excluding hydrogens is 278 g/mol. The number of hydrogen-bond acceptors (Lipinski definition) is 5. The van der Waals surface area contributed by atoms with Crippen molar-refractivity contribution in [3.63, 3.8) is 0 Å². The second-order valence-electron chi connectivity index (χ2n) is 5.07. The number of rotatable bonds is 8. The van der Waals surface area contributed by atoms with Crippen LogP contribution in [0.4, 0.5) is 0 Å². The van der Waals surface area contributed by atoms with Crippen LogP contribution in [0.15, 0.2) is 18.3 Å². The highest BCUT2D eigenvalue weighted by atomic mass is 32.2. The van der Waals surface area contributed by atoms with Crippen molar-refractivity contribution in [2.24, 2.45) is 0 Å². The SMILES string of the molecule is COc1cc(CNS(=O)(=O)C(C)CNC2CC2)ccn1. The average Bonchev–Trinajstić information content (AvgIpc) is 3.27. The molecule has 1 aromatic rings. The first-order valence-electron chi connectivity index (χ1n) is 6.72. The van der Waals surface area contributed by atoms with Gasteiger partial charge in [-0.1, -0.05) is 0 Å². The largest absolute Gasteiger partial charge is 0.481 e. The van der Waals surface area contributed by atoms with Crippen LogP contribution in [0, 0.1) is 0 Å². The standard InChI is InChI=1S/C13H21N3O3S/c1-10(8-15-12-3-4-12)20(17,18)16-9-11-5-6-14-13(7-11)19-2/h5-7,10,12,15-16H,3-4,8-9H2,1-2H3. The molecule has 20 heavy (non-hydrogen) atoms. The minimum absolute atomic E-state index is 0.245. The van der Waals surface area contributed by atoms with Crippen molar-refractivity contribution < 1.29 is 13.2 Å². The first-order chi connectivity index (χ1) is 9.51. The van der Waals surface area contributed by atoms with Crippen molar-refractivity contribution in [3.8, 4) is 5.88 Å². The van der Waals surface area contributed by atoms with Crippen LogP contribution in [0.1, 0.15) is 25.3 Å². The topological polar surface area (TPSA) is 80.3 Å². The molecule has 0 aliphatic heterocycles. The number of nitrogens with one attached hydrogen (secondary N) is 2. The molecular formula is C13H21N3O3S.